The van der Waals surface area contributed by atoms with E-state index in [1.54, 1.807) is 36.0 Å². The van der Waals surface area contributed by atoms with Gasteiger partial charge in [0.25, 0.3) is 0 Å². The van der Waals surface area contributed by atoms with E-state index in [1.807, 2.05) is 23.7 Å². The Morgan fingerprint density at radius 1 is 1.33 bits per heavy atom. The molecular formula is C16H19N5OS2. The molecule has 0 spiro atoms. The molecule has 2 N–H and O–H groups in total. The molecule has 3 aromatic heterocycles. The first kappa shape index (κ1) is 16.7. The predicted octanol–water partition coefficient (Wildman–Crippen LogP) is 3.29. The van der Waals surface area contributed by atoms with Gasteiger partial charge in [0.2, 0.25) is 5.89 Å². The highest BCUT2D eigenvalue weighted by Crippen LogP contribution is 2.23. The molecule has 0 bridgehead atoms. The van der Waals surface area contributed by atoms with Crippen LogP contribution in [-0.4, -0.2) is 23.0 Å². The predicted molar refractivity (Wildman–Crippen MR) is 98.3 cm³/mol. The van der Waals surface area contributed by atoms with Crippen molar-refractivity contribution in [1.29, 1.82) is 0 Å². The van der Waals surface area contributed by atoms with Crippen LogP contribution in [0.25, 0.3) is 10.8 Å². The van der Waals surface area contributed by atoms with E-state index in [1.165, 1.54) is 4.88 Å². The fourth-order valence-electron chi connectivity index (χ4n) is 2.05. The third kappa shape index (κ3) is 4.21. The molecule has 24 heavy (non-hydrogen) atoms. The van der Waals surface area contributed by atoms with Gasteiger partial charge in [0.05, 0.1) is 23.7 Å². The molecule has 0 saturated heterocycles. The molecule has 0 aliphatic carbocycles. The lowest BCUT2D eigenvalue weighted by molar-refractivity contribution is 0.573. The number of aromatic nitrogens is 2. The molecule has 6 nitrogen and oxygen atoms in total. The number of thiophene rings is 1. The molecule has 0 aliphatic heterocycles. The Labute approximate surface area is 148 Å². The van der Waals surface area contributed by atoms with E-state index >= 15 is 0 Å². The molecular weight excluding hydrogens is 342 g/mol. The first-order valence-electron chi connectivity index (χ1n) is 7.65. The highest BCUT2D eigenvalue weighted by Gasteiger charge is 2.08. The van der Waals surface area contributed by atoms with Crippen molar-refractivity contribution in [3.63, 3.8) is 0 Å². The number of aryl methyl sites for hydroxylation is 1. The summed E-state index contributed by atoms with van der Waals surface area (Å²) < 4.78 is 5.51. The van der Waals surface area contributed by atoms with E-state index < -0.39 is 0 Å². The zero-order valence-electron chi connectivity index (χ0n) is 13.6. The fraction of sp³-hybridized carbons (Fsp3) is 0.312. The van der Waals surface area contributed by atoms with E-state index in [4.69, 9.17) is 4.42 Å². The molecule has 0 radical (unpaired) electrons. The second kappa shape index (κ2) is 8.07. The molecule has 0 aromatic carbocycles. The smallest absolute Gasteiger partial charge is 0.236 e. The first-order chi connectivity index (χ1) is 11.8. The van der Waals surface area contributed by atoms with Crippen LogP contribution in [0, 0.1) is 0 Å². The van der Waals surface area contributed by atoms with Crippen LogP contribution in [0.3, 0.4) is 0 Å². The molecule has 0 atom stereocenters. The van der Waals surface area contributed by atoms with E-state index in [-0.39, 0.29) is 0 Å². The molecule has 8 heteroatoms. The van der Waals surface area contributed by atoms with E-state index in [0.29, 0.717) is 24.9 Å². The maximum Gasteiger partial charge on any atom is 0.236 e. The van der Waals surface area contributed by atoms with Crippen LogP contribution in [0.2, 0.25) is 0 Å². The Morgan fingerprint density at radius 2 is 2.21 bits per heavy atom. The van der Waals surface area contributed by atoms with Crippen molar-refractivity contribution in [2.24, 2.45) is 4.99 Å². The van der Waals surface area contributed by atoms with Gasteiger partial charge in [0, 0.05) is 18.1 Å². The van der Waals surface area contributed by atoms with Gasteiger partial charge >= 0.3 is 0 Å². The van der Waals surface area contributed by atoms with Crippen molar-refractivity contribution in [2.45, 2.75) is 26.4 Å². The molecule has 0 saturated carbocycles. The van der Waals surface area contributed by atoms with Crippen LogP contribution >= 0.6 is 22.7 Å². The number of nitrogens with one attached hydrogen (secondary N) is 2. The Kier molecular flexibility index (Phi) is 5.60. The van der Waals surface area contributed by atoms with Gasteiger partial charge in [-0.1, -0.05) is 13.0 Å². The van der Waals surface area contributed by atoms with Crippen LogP contribution in [0.15, 0.2) is 39.4 Å². The highest BCUT2D eigenvalue weighted by molar-refractivity contribution is 7.13. The average molecular weight is 361 g/mol. The summed E-state index contributed by atoms with van der Waals surface area (Å²) in [5, 5.41) is 9.55. The number of oxazole rings is 1. The quantitative estimate of drug-likeness (QED) is 0.520. The highest BCUT2D eigenvalue weighted by atomic mass is 32.1. The molecule has 3 heterocycles. The van der Waals surface area contributed by atoms with Crippen molar-refractivity contribution in [3.8, 4) is 10.8 Å². The second-order valence-electron chi connectivity index (χ2n) is 4.97. The van der Waals surface area contributed by atoms with Crippen LogP contribution < -0.4 is 10.6 Å². The molecule has 0 fully saturated rings. The van der Waals surface area contributed by atoms with E-state index in [9.17, 15) is 0 Å². The molecule has 0 aliphatic rings. The minimum absolute atomic E-state index is 0.548. The van der Waals surface area contributed by atoms with Gasteiger partial charge in [-0.05, 0) is 17.9 Å². The van der Waals surface area contributed by atoms with Gasteiger partial charge < -0.3 is 15.1 Å². The molecule has 3 aromatic rings. The Morgan fingerprint density at radius 3 is 2.92 bits per heavy atom. The number of thiazole rings is 1. The third-order valence-electron chi connectivity index (χ3n) is 3.30. The summed E-state index contributed by atoms with van der Waals surface area (Å²) in [4.78, 5) is 15.4. The van der Waals surface area contributed by atoms with Gasteiger partial charge in [0.15, 0.2) is 5.96 Å². The number of hydrogen-bond acceptors (Lipinski definition) is 6. The SMILES string of the molecule is CCc1cnc(CNC(=NC)NCc2coc(-c3cccs3)n2)s1. The zero-order chi connectivity index (χ0) is 16.8. The van der Waals surface area contributed by atoms with Crippen LogP contribution in [0.4, 0.5) is 0 Å². The lowest BCUT2D eigenvalue weighted by Crippen LogP contribution is -2.36. The first-order valence-corrected chi connectivity index (χ1v) is 9.34. The van der Waals surface area contributed by atoms with Crippen molar-refractivity contribution in [1.82, 2.24) is 20.6 Å². The number of rotatable bonds is 6. The van der Waals surface area contributed by atoms with Gasteiger partial charge in [-0.15, -0.1) is 22.7 Å². The summed E-state index contributed by atoms with van der Waals surface area (Å²) in [6, 6.07) is 3.98. The van der Waals surface area contributed by atoms with Gasteiger partial charge in [-0.2, -0.15) is 0 Å². The minimum Gasteiger partial charge on any atom is -0.443 e. The average Bonchev–Trinajstić information content (AvgIpc) is 3.35. The van der Waals surface area contributed by atoms with Crippen molar-refractivity contribution < 1.29 is 4.42 Å². The van der Waals surface area contributed by atoms with Crippen molar-refractivity contribution >= 4 is 28.6 Å². The monoisotopic (exact) mass is 361 g/mol. The Balaban J connectivity index is 1.51. The topological polar surface area (TPSA) is 75.3 Å². The summed E-state index contributed by atoms with van der Waals surface area (Å²) in [5.41, 5.74) is 0.837. The maximum atomic E-state index is 5.51. The summed E-state index contributed by atoms with van der Waals surface area (Å²) in [6.07, 6.45) is 4.62. The van der Waals surface area contributed by atoms with E-state index in [0.717, 1.165) is 22.0 Å². The molecule has 126 valence electrons. The summed E-state index contributed by atoms with van der Waals surface area (Å²) in [5.74, 6) is 1.36. The van der Waals surface area contributed by atoms with Gasteiger partial charge in [-0.25, -0.2) is 9.97 Å². The van der Waals surface area contributed by atoms with Crippen LogP contribution in [0.1, 0.15) is 22.5 Å². The normalized spacial score (nSPS) is 11.7. The van der Waals surface area contributed by atoms with Gasteiger partial charge in [-0.3, -0.25) is 4.99 Å². The molecule has 0 amide bonds. The van der Waals surface area contributed by atoms with Crippen molar-refractivity contribution in [3.05, 3.63) is 45.6 Å². The van der Waals surface area contributed by atoms with Crippen LogP contribution in [0.5, 0.6) is 0 Å². The summed E-state index contributed by atoms with van der Waals surface area (Å²) in [7, 11) is 1.74. The fourth-order valence-corrected chi connectivity index (χ4v) is 3.51. The lowest BCUT2D eigenvalue weighted by atomic mass is 10.4. The standard InChI is InChI=1S/C16H19N5OS2/c1-3-12-8-18-14(24-12)9-20-16(17-2)19-7-11-10-22-15(21-11)13-5-4-6-23-13/h4-6,8,10H,3,7,9H2,1-2H3,(H2,17,19,20). The largest absolute Gasteiger partial charge is 0.443 e. The zero-order valence-corrected chi connectivity index (χ0v) is 15.2. The number of nitrogens with zero attached hydrogens (tertiary/aromatic N) is 3. The third-order valence-corrected chi connectivity index (χ3v) is 5.30. The number of guanidine groups is 1. The molecule has 3 rings (SSSR count). The second-order valence-corrected chi connectivity index (χ2v) is 7.12. The lowest BCUT2D eigenvalue weighted by Gasteiger charge is -2.09. The Bertz CT molecular complexity index is 791. The Hall–Kier alpha value is -2.19. The summed E-state index contributed by atoms with van der Waals surface area (Å²) in [6.45, 7) is 3.34. The summed E-state index contributed by atoms with van der Waals surface area (Å²) >= 11 is 3.33. The van der Waals surface area contributed by atoms with E-state index in [2.05, 4.69) is 32.5 Å². The van der Waals surface area contributed by atoms with Crippen LogP contribution in [-0.2, 0) is 19.5 Å². The van der Waals surface area contributed by atoms with Gasteiger partial charge in [0.1, 0.15) is 11.3 Å². The number of hydrogen-bond donors (Lipinski definition) is 2. The van der Waals surface area contributed by atoms with Crippen molar-refractivity contribution in [2.75, 3.05) is 7.05 Å². The minimum atomic E-state index is 0.548. The molecule has 0 unspecified atom stereocenters. The maximum absolute atomic E-state index is 5.51. The number of aliphatic imine (C=N–C) groups is 1.